The summed E-state index contributed by atoms with van der Waals surface area (Å²) in [5.74, 6) is 0.594. The second kappa shape index (κ2) is 7.86. The van der Waals surface area contributed by atoms with Crippen LogP contribution in [0.1, 0.15) is 59.1 Å². The van der Waals surface area contributed by atoms with Crippen LogP contribution in [0.2, 0.25) is 0 Å². The number of nitrogens with one attached hydrogen (secondary N) is 2. The van der Waals surface area contributed by atoms with Gasteiger partial charge in [0.05, 0.1) is 0 Å². The van der Waals surface area contributed by atoms with E-state index >= 15 is 0 Å². The van der Waals surface area contributed by atoms with Gasteiger partial charge in [-0.05, 0) is 61.6 Å². The summed E-state index contributed by atoms with van der Waals surface area (Å²) < 4.78 is 0. The lowest BCUT2D eigenvalue weighted by molar-refractivity contribution is 0.187. The molecule has 2 aliphatic carbocycles. The normalized spacial score (nSPS) is 20.4. The number of rotatable bonds is 2. The summed E-state index contributed by atoms with van der Waals surface area (Å²) in [6.07, 6.45) is 6.88. The lowest BCUT2D eigenvalue weighted by Gasteiger charge is -2.42. The number of aromatic nitrogens is 5. The summed E-state index contributed by atoms with van der Waals surface area (Å²) in [7, 11) is 0. The molecule has 4 aromatic rings. The molecule has 1 aromatic carbocycles. The highest BCUT2D eigenvalue weighted by molar-refractivity contribution is 5.94. The summed E-state index contributed by atoms with van der Waals surface area (Å²) in [6, 6.07) is 12.7. The molecule has 4 heterocycles. The van der Waals surface area contributed by atoms with Crippen molar-refractivity contribution in [1.29, 1.82) is 0 Å². The average molecular weight is 480 g/mol. The van der Waals surface area contributed by atoms with Crippen molar-refractivity contribution in [2.45, 2.75) is 45.1 Å². The predicted molar refractivity (Wildman–Crippen MR) is 140 cm³/mol. The molecule has 0 unspecified atom stereocenters. The number of H-pyrrole nitrogens is 2. The van der Waals surface area contributed by atoms with Crippen molar-refractivity contribution in [2.75, 3.05) is 18.0 Å². The van der Waals surface area contributed by atoms with Crippen LogP contribution in [0.5, 0.6) is 0 Å². The Morgan fingerprint density at radius 1 is 1.11 bits per heavy atom. The number of pyridine rings is 1. The molecule has 36 heavy (non-hydrogen) atoms. The first-order valence-corrected chi connectivity index (χ1v) is 12.8. The first kappa shape index (κ1) is 21.5. The third-order valence-electron chi connectivity index (χ3n) is 8.46. The first-order chi connectivity index (χ1) is 17.5. The van der Waals surface area contributed by atoms with Crippen molar-refractivity contribution in [3.05, 3.63) is 86.6 Å². The Morgan fingerprint density at radius 3 is 2.78 bits per heavy atom. The Balaban J connectivity index is 1.18. The highest BCUT2D eigenvalue weighted by Crippen LogP contribution is 2.50. The van der Waals surface area contributed by atoms with E-state index in [4.69, 9.17) is 15.7 Å². The number of hydrogen-bond donors (Lipinski definition) is 3. The van der Waals surface area contributed by atoms with Gasteiger partial charge in [0.1, 0.15) is 11.1 Å². The van der Waals surface area contributed by atoms with E-state index in [1.54, 1.807) is 0 Å². The van der Waals surface area contributed by atoms with Crippen LogP contribution in [0.4, 0.5) is 5.95 Å². The molecule has 4 N–H and O–H groups in total. The largest absolute Gasteiger partial charge is 0.342 e. The summed E-state index contributed by atoms with van der Waals surface area (Å²) in [6.45, 7) is 3.61. The minimum atomic E-state index is -0.169. The minimum absolute atomic E-state index is 0.0606. The highest BCUT2D eigenvalue weighted by Gasteiger charge is 2.46. The van der Waals surface area contributed by atoms with E-state index in [1.807, 2.05) is 13.0 Å². The zero-order valence-corrected chi connectivity index (χ0v) is 20.3. The molecule has 7 rings (SSSR count). The van der Waals surface area contributed by atoms with Gasteiger partial charge in [-0.2, -0.15) is 10.1 Å². The number of hydrogen-bond acceptors (Lipinski definition) is 6. The van der Waals surface area contributed by atoms with Crippen LogP contribution in [0.15, 0.2) is 47.3 Å². The topological polar surface area (TPSA) is 117 Å². The van der Waals surface area contributed by atoms with Crippen molar-refractivity contribution in [1.82, 2.24) is 25.1 Å². The van der Waals surface area contributed by atoms with Crippen molar-refractivity contribution in [3.63, 3.8) is 0 Å². The SMILES string of the molecule is Cc1ccc2c(n1)CCC=C2c1n[nH]c2nc(N3CCC4(CC3)Cc3ccccc3[C@H]4N)[nH]c(=O)c12. The molecule has 3 aromatic heterocycles. The van der Waals surface area contributed by atoms with Gasteiger partial charge >= 0.3 is 0 Å². The van der Waals surface area contributed by atoms with E-state index in [9.17, 15) is 4.79 Å². The molecule has 0 saturated carbocycles. The van der Waals surface area contributed by atoms with E-state index in [-0.39, 0.29) is 17.0 Å². The first-order valence-electron chi connectivity index (χ1n) is 12.8. The van der Waals surface area contributed by atoms with Crippen LogP contribution in [0, 0.1) is 12.3 Å². The minimum Gasteiger partial charge on any atom is -0.342 e. The van der Waals surface area contributed by atoms with Gasteiger partial charge in [-0.3, -0.25) is 19.9 Å². The number of aromatic amines is 2. The van der Waals surface area contributed by atoms with Crippen LogP contribution >= 0.6 is 0 Å². The Morgan fingerprint density at radius 2 is 1.94 bits per heavy atom. The number of allylic oxidation sites excluding steroid dienone is 1. The standard InChI is InChI=1S/C28H29N7O/c1-16-9-10-19-20(7-4-8-21(19)30-16)23-22-25(34-33-23)31-27(32-26(22)36)35-13-11-28(12-14-35)15-17-5-2-3-6-18(17)24(28)29/h2-3,5-7,9-10,24H,4,8,11-15,29H2,1H3,(H2,31,32,33,34,36)/t24-/m1/s1. The molecule has 0 amide bonds. The van der Waals surface area contributed by atoms with Crippen LogP contribution in [-0.4, -0.2) is 38.2 Å². The summed E-state index contributed by atoms with van der Waals surface area (Å²) in [5.41, 5.74) is 14.5. The van der Waals surface area contributed by atoms with Crippen LogP contribution < -0.4 is 16.2 Å². The molecule has 3 aliphatic rings. The van der Waals surface area contributed by atoms with Gasteiger partial charge in [-0.25, -0.2) is 0 Å². The molecule has 1 saturated heterocycles. The number of piperidine rings is 1. The van der Waals surface area contributed by atoms with Crippen molar-refractivity contribution >= 4 is 22.6 Å². The quantitative estimate of drug-likeness (QED) is 0.405. The van der Waals surface area contributed by atoms with Crippen LogP contribution in [0.25, 0.3) is 16.6 Å². The van der Waals surface area contributed by atoms with Crippen LogP contribution in [-0.2, 0) is 12.8 Å². The number of fused-ring (bicyclic) bond motifs is 3. The number of nitrogens with zero attached hydrogens (tertiary/aromatic N) is 4. The Bertz CT molecular complexity index is 1590. The smallest absolute Gasteiger partial charge is 0.264 e. The maximum Gasteiger partial charge on any atom is 0.264 e. The van der Waals surface area contributed by atoms with E-state index in [0.29, 0.717) is 22.7 Å². The summed E-state index contributed by atoms with van der Waals surface area (Å²) in [4.78, 5) is 28.1. The van der Waals surface area contributed by atoms with E-state index in [0.717, 1.165) is 67.7 Å². The van der Waals surface area contributed by atoms with Gasteiger partial charge in [-0.15, -0.1) is 0 Å². The highest BCUT2D eigenvalue weighted by atomic mass is 16.1. The van der Waals surface area contributed by atoms with E-state index in [2.05, 4.69) is 56.5 Å². The number of benzene rings is 1. The molecule has 1 fully saturated rings. The van der Waals surface area contributed by atoms with E-state index < -0.39 is 0 Å². The lowest BCUT2D eigenvalue weighted by atomic mass is 9.73. The summed E-state index contributed by atoms with van der Waals surface area (Å²) in [5, 5.41) is 8.07. The fourth-order valence-corrected chi connectivity index (χ4v) is 6.47. The maximum atomic E-state index is 13.3. The molecule has 1 atom stereocenters. The molecule has 0 bridgehead atoms. The van der Waals surface area contributed by atoms with Gasteiger partial charge < -0.3 is 10.6 Å². The van der Waals surface area contributed by atoms with Gasteiger partial charge in [0, 0.05) is 41.7 Å². The van der Waals surface area contributed by atoms with Gasteiger partial charge in [0.15, 0.2) is 5.65 Å². The predicted octanol–water partition coefficient (Wildman–Crippen LogP) is 3.57. The zero-order valence-electron chi connectivity index (χ0n) is 20.3. The molecule has 8 nitrogen and oxygen atoms in total. The Hall–Kier alpha value is -3.78. The van der Waals surface area contributed by atoms with E-state index in [1.165, 1.54) is 11.1 Å². The third-order valence-corrected chi connectivity index (χ3v) is 8.46. The Kier molecular flexibility index (Phi) is 4.70. The van der Waals surface area contributed by atoms with Crippen molar-refractivity contribution < 1.29 is 0 Å². The van der Waals surface area contributed by atoms with Gasteiger partial charge in [0.2, 0.25) is 5.95 Å². The molecule has 8 heteroatoms. The van der Waals surface area contributed by atoms with Gasteiger partial charge in [-0.1, -0.05) is 36.4 Å². The molecule has 0 radical (unpaired) electrons. The Labute approximate surface area is 208 Å². The fourth-order valence-electron chi connectivity index (χ4n) is 6.47. The van der Waals surface area contributed by atoms with Crippen LogP contribution in [0.3, 0.4) is 0 Å². The molecule has 1 spiro atoms. The van der Waals surface area contributed by atoms with Gasteiger partial charge in [0.25, 0.3) is 5.56 Å². The van der Waals surface area contributed by atoms with Crippen molar-refractivity contribution in [2.24, 2.45) is 11.1 Å². The lowest BCUT2D eigenvalue weighted by Crippen LogP contribution is -2.45. The molecule has 1 aliphatic heterocycles. The zero-order chi connectivity index (χ0) is 24.4. The summed E-state index contributed by atoms with van der Waals surface area (Å²) >= 11 is 0. The number of anilines is 1. The molecule has 182 valence electrons. The fraction of sp³-hybridized carbons (Fsp3) is 0.357. The second-order valence-electron chi connectivity index (χ2n) is 10.5. The molecular formula is C28H29N7O. The maximum absolute atomic E-state index is 13.3. The second-order valence-corrected chi connectivity index (χ2v) is 10.5. The average Bonchev–Trinajstić information content (AvgIpc) is 3.44. The van der Waals surface area contributed by atoms with Crippen molar-refractivity contribution in [3.8, 4) is 0 Å². The monoisotopic (exact) mass is 479 g/mol. The number of nitrogens with two attached hydrogens (primary N) is 1. The molecular weight excluding hydrogens is 450 g/mol. The number of aryl methyl sites for hydroxylation is 2. The third kappa shape index (κ3) is 3.17.